The van der Waals surface area contributed by atoms with Crippen molar-refractivity contribution in [3.63, 3.8) is 0 Å². The van der Waals surface area contributed by atoms with Gasteiger partial charge in [-0.05, 0) is 89.9 Å². The van der Waals surface area contributed by atoms with E-state index in [0.717, 1.165) is 12.8 Å². The van der Waals surface area contributed by atoms with Crippen LogP contribution in [0.15, 0.2) is 23.3 Å². The molecule has 6 aliphatic rings. The van der Waals surface area contributed by atoms with Gasteiger partial charge in [-0.15, -0.1) is 0 Å². The molecule has 5 fully saturated rings. The normalized spacial score (nSPS) is 47.8. The molecule has 14 nitrogen and oxygen atoms in total. The van der Waals surface area contributed by atoms with Gasteiger partial charge in [0.2, 0.25) is 0 Å². The predicted molar refractivity (Wildman–Crippen MR) is 196 cm³/mol. The molecule has 0 bridgehead atoms. The maximum atomic E-state index is 13.4. The van der Waals surface area contributed by atoms with E-state index < -0.39 is 91.1 Å². The van der Waals surface area contributed by atoms with Crippen molar-refractivity contribution in [1.82, 2.24) is 0 Å². The summed E-state index contributed by atoms with van der Waals surface area (Å²) in [6, 6.07) is 0. The molecular weight excluding hydrogens is 716 g/mol. The van der Waals surface area contributed by atoms with Gasteiger partial charge in [0.05, 0.1) is 30.5 Å². The summed E-state index contributed by atoms with van der Waals surface area (Å²) in [6.45, 7) is 12.4. The molecule has 0 radical (unpaired) electrons. The highest BCUT2D eigenvalue weighted by molar-refractivity contribution is 5.87. The SMILES string of the molecule is CC=C(C)C(=O)OC1CC2C(CC=C3CC(OC4CC(OC)C(OC5OC(CO)C(O)C(O)C5O)C(C)O4)CCC32C)C2(O)CCC(C(C)OC(C)=O)C12C. The van der Waals surface area contributed by atoms with E-state index in [1.165, 1.54) is 12.5 Å². The first-order valence-electron chi connectivity index (χ1n) is 20.2. The van der Waals surface area contributed by atoms with Crippen LogP contribution in [0.3, 0.4) is 0 Å². The highest BCUT2D eigenvalue weighted by Gasteiger charge is 2.71. The third-order valence-corrected chi connectivity index (χ3v) is 14.7. The van der Waals surface area contributed by atoms with Crippen LogP contribution in [0.4, 0.5) is 0 Å². The van der Waals surface area contributed by atoms with Crippen molar-refractivity contribution in [3.05, 3.63) is 23.3 Å². The van der Waals surface area contributed by atoms with Gasteiger partial charge in [-0.2, -0.15) is 0 Å². The number of allylic oxidation sites excluding steroid dienone is 2. The third-order valence-electron chi connectivity index (χ3n) is 14.7. The monoisotopic (exact) mass is 780 g/mol. The largest absolute Gasteiger partial charge is 0.463 e. The van der Waals surface area contributed by atoms with Crippen molar-refractivity contribution in [2.45, 2.75) is 179 Å². The molecular formula is C41H64O14. The lowest BCUT2D eigenvalue weighted by atomic mass is 9.44. The molecule has 18 atom stereocenters. The van der Waals surface area contributed by atoms with Crippen molar-refractivity contribution >= 4 is 11.9 Å². The van der Waals surface area contributed by atoms with Crippen LogP contribution in [0.1, 0.15) is 99.8 Å². The molecule has 4 aliphatic carbocycles. The Morgan fingerprint density at radius 2 is 1.75 bits per heavy atom. The first kappa shape index (κ1) is 42.6. The van der Waals surface area contributed by atoms with Crippen molar-refractivity contribution in [3.8, 4) is 0 Å². The molecule has 6 rings (SSSR count). The van der Waals surface area contributed by atoms with E-state index >= 15 is 0 Å². The molecule has 18 unspecified atom stereocenters. The highest BCUT2D eigenvalue weighted by atomic mass is 16.7. The molecule has 3 saturated carbocycles. The number of ether oxygens (including phenoxy) is 7. The van der Waals surface area contributed by atoms with Gasteiger partial charge >= 0.3 is 11.9 Å². The summed E-state index contributed by atoms with van der Waals surface area (Å²) in [7, 11) is 1.55. The number of methoxy groups -OCH3 is 1. The Hall–Kier alpha value is -1.98. The van der Waals surface area contributed by atoms with Crippen LogP contribution in [0.5, 0.6) is 0 Å². The van der Waals surface area contributed by atoms with Crippen LogP contribution < -0.4 is 0 Å². The minimum Gasteiger partial charge on any atom is -0.463 e. The Bertz CT molecular complexity index is 1470. The molecule has 2 aliphatic heterocycles. The lowest BCUT2D eigenvalue weighted by Crippen LogP contribution is -2.67. The molecule has 0 aromatic heterocycles. The fourth-order valence-electron chi connectivity index (χ4n) is 11.4. The molecule has 312 valence electrons. The second-order valence-corrected chi connectivity index (χ2v) is 17.4. The predicted octanol–water partition coefficient (Wildman–Crippen LogP) is 2.84. The first-order valence-corrected chi connectivity index (χ1v) is 20.2. The maximum absolute atomic E-state index is 13.4. The smallest absolute Gasteiger partial charge is 0.333 e. The third kappa shape index (κ3) is 7.47. The number of hydrogen-bond acceptors (Lipinski definition) is 14. The van der Waals surface area contributed by atoms with Gasteiger partial charge in [-0.3, -0.25) is 4.79 Å². The van der Waals surface area contributed by atoms with Gasteiger partial charge < -0.3 is 58.7 Å². The van der Waals surface area contributed by atoms with Crippen molar-refractivity contribution in [2.24, 2.45) is 28.6 Å². The second kappa shape index (κ2) is 16.3. The van der Waals surface area contributed by atoms with Crippen LogP contribution in [-0.4, -0.2) is 130 Å². The summed E-state index contributed by atoms with van der Waals surface area (Å²) in [5.41, 5.74) is -0.457. The first-order chi connectivity index (χ1) is 25.9. The Kier molecular flexibility index (Phi) is 12.7. The minimum absolute atomic E-state index is 0.0437. The van der Waals surface area contributed by atoms with Crippen LogP contribution in [0.2, 0.25) is 0 Å². The van der Waals surface area contributed by atoms with Crippen LogP contribution >= 0.6 is 0 Å². The standard InChI is InChI=1S/C41H64O14/c1-9-20(2)37(47)54-31-17-28-27(41(48)15-13-26(40(31,41)7)21(3)50-23(5)43)11-10-24-16-25(12-14-39(24,28)6)52-32-18-29(49-8)36(22(4)51-32)55-38-35(46)34(45)33(44)30(19-42)53-38/h9-10,21-22,25-36,38,42,44-46,48H,11-19H2,1-8H3. The Morgan fingerprint density at radius 1 is 1.02 bits per heavy atom. The Labute approximate surface area is 324 Å². The van der Waals surface area contributed by atoms with Gasteiger partial charge in [0.15, 0.2) is 12.6 Å². The summed E-state index contributed by atoms with van der Waals surface area (Å²) in [5, 5.41) is 53.6. The van der Waals surface area contributed by atoms with E-state index in [-0.39, 0.29) is 35.2 Å². The average molecular weight is 781 g/mol. The van der Waals surface area contributed by atoms with E-state index in [2.05, 4.69) is 13.0 Å². The zero-order valence-corrected chi connectivity index (χ0v) is 33.6. The van der Waals surface area contributed by atoms with Gasteiger partial charge in [0.1, 0.15) is 42.7 Å². The number of fused-ring (bicyclic) bond motifs is 5. The molecule has 5 N–H and O–H groups in total. The summed E-state index contributed by atoms with van der Waals surface area (Å²) in [6.07, 6.45) is -1.54. The van der Waals surface area contributed by atoms with Gasteiger partial charge in [0, 0.05) is 37.4 Å². The highest BCUT2D eigenvalue weighted by Crippen LogP contribution is 2.69. The van der Waals surface area contributed by atoms with Gasteiger partial charge in [0.25, 0.3) is 0 Å². The maximum Gasteiger partial charge on any atom is 0.333 e. The van der Waals surface area contributed by atoms with Crippen molar-refractivity contribution < 1.29 is 68.3 Å². The molecule has 0 spiro atoms. The number of carbonyl (C=O) groups is 2. The zero-order valence-electron chi connectivity index (χ0n) is 33.6. The van der Waals surface area contributed by atoms with E-state index in [0.29, 0.717) is 44.1 Å². The summed E-state index contributed by atoms with van der Waals surface area (Å²) < 4.78 is 42.5. The van der Waals surface area contributed by atoms with E-state index in [1.807, 2.05) is 13.8 Å². The van der Waals surface area contributed by atoms with E-state index in [1.54, 1.807) is 34.0 Å². The fourth-order valence-corrected chi connectivity index (χ4v) is 11.4. The lowest BCUT2D eigenvalue weighted by molar-refractivity contribution is -0.345. The van der Waals surface area contributed by atoms with Gasteiger partial charge in [-0.25, -0.2) is 4.79 Å². The Balaban J connectivity index is 1.17. The number of hydrogen-bond donors (Lipinski definition) is 5. The number of aliphatic hydroxyl groups excluding tert-OH is 4. The lowest BCUT2D eigenvalue weighted by Gasteiger charge is -2.63. The quantitative estimate of drug-likeness (QED) is 0.123. The zero-order chi connectivity index (χ0) is 40.2. The molecule has 2 saturated heterocycles. The summed E-state index contributed by atoms with van der Waals surface area (Å²) >= 11 is 0. The number of carbonyl (C=O) groups excluding carboxylic acids is 2. The Morgan fingerprint density at radius 3 is 2.40 bits per heavy atom. The molecule has 0 aromatic carbocycles. The fraction of sp³-hybridized carbons (Fsp3) is 0.854. The molecule has 0 amide bonds. The van der Waals surface area contributed by atoms with Crippen molar-refractivity contribution in [2.75, 3.05) is 13.7 Å². The molecule has 14 heteroatoms. The number of esters is 2. The van der Waals surface area contributed by atoms with Crippen molar-refractivity contribution in [1.29, 1.82) is 0 Å². The summed E-state index contributed by atoms with van der Waals surface area (Å²) in [4.78, 5) is 25.4. The molecule has 2 heterocycles. The number of aliphatic hydroxyl groups is 5. The van der Waals surface area contributed by atoms with Crippen LogP contribution in [-0.2, 0) is 42.7 Å². The minimum atomic E-state index is -1.57. The van der Waals surface area contributed by atoms with E-state index in [9.17, 15) is 35.1 Å². The molecule has 55 heavy (non-hydrogen) atoms. The summed E-state index contributed by atoms with van der Waals surface area (Å²) in [5.74, 6) is -0.985. The molecule has 0 aromatic rings. The van der Waals surface area contributed by atoms with E-state index in [4.69, 9.17) is 33.2 Å². The average Bonchev–Trinajstić information content (AvgIpc) is 3.44. The van der Waals surface area contributed by atoms with Gasteiger partial charge in [-0.1, -0.05) is 31.6 Å². The number of rotatable bonds is 10. The second-order valence-electron chi connectivity index (χ2n) is 17.4. The van der Waals surface area contributed by atoms with Crippen LogP contribution in [0.25, 0.3) is 0 Å². The van der Waals surface area contributed by atoms with Crippen LogP contribution in [0, 0.1) is 28.6 Å². The topological polar surface area (TPSA) is 200 Å².